The van der Waals surface area contributed by atoms with Gasteiger partial charge in [-0.25, -0.2) is 4.98 Å². The number of nitrogens with zero attached hydrogens (tertiary/aromatic N) is 2. The van der Waals surface area contributed by atoms with E-state index in [1.54, 1.807) is 23.0 Å². The van der Waals surface area contributed by atoms with Gasteiger partial charge in [-0.15, -0.1) is 0 Å². The Morgan fingerprint density at radius 2 is 2.26 bits per heavy atom. The Balaban J connectivity index is 1.75. The third-order valence-corrected chi connectivity index (χ3v) is 5.12. The number of furan rings is 1. The quantitative estimate of drug-likeness (QED) is 0.457. The fourth-order valence-electron chi connectivity index (χ4n) is 2.69. The minimum atomic E-state index is -0.133. The molecule has 144 valence electrons. The Morgan fingerprint density at radius 1 is 1.44 bits per heavy atom. The first-order chi connectivity index (χ1) is 12.9. The van der Waals surface area contributed by atoms with Crippen LogP contribution < -0.4 is 10.9 Å². The highest BCUT2D eigenvalue weighted by Gasteiger charge is 2.15. The molecule has 7 nitrogen and oxygen atoms in total. The molecule has 0 spiro atoms. The van der Waals surface area contributed by atoms with Gasteiger partial charge in [-0.2, -0.15) is 0 Å². The first kappa shape index (κ1) is 19.3. The van der Waals surface area contributed by atoms with Gasteiger partial charge in [-0.05, 0) is 37.5 Å². The van der Waals surface area contributed by atoms with Crippen molar-refractivity contribution in [3.63, 3.8) is 0 Å². The van der Waals surface area contributed by atoms with E-state index >= 15 is 0 Å². The number of H-pyrrole nitrogens is 1. The fourth-order valence-corrected chi connectivity index (χ4v) is 3.54. The summed E-state index contributed by atoms with van der Waals surface area (Å²) in [4.78, 5) is 32.7. The normalized spacial score (nSPS) is 11.4. The van der Waals surface area contributed by atoms with Crippen LogP contribution in [-0.2, 0) is 17.9 Å². The van der Waals surface area contributed by atoms with Crippen LogP contribution in [-0.4, -0.2) is 26.2 Å². The van der Waals surface area contributed by atoms with Crippen LogP contribution in [0.1, 0.15) is 31.7 Å². The number of thioether (sulfide) groups is 1. The highest BCUT2D eigenvalue weighted by atomic mass is 32.2. The predicted molar refractivity (Wildman–Crippen MR) is 106 cm³/mol. The van der Waals surface area contributed by atoms with Crippen molar-refractivity contribution in [2.45, 2.75) is 45.4 Å². The molecule has 0 aromatic carbocycles. The van der Waals surface area contributed by atoms with Gasteiger partial charge in [0.25, 0.3) is 5.56 Å². The molecule has 3 rings (SSSR count). The maximum absolute atomic E-state index is 12.9. The topological polar surface area (TPSA) is 92.9 Å². The highest BCUT2D eigenvalue weighted by molar-refractivity contribution is 7.99. The summed E-state index contributed by atoms with van der Waals surface area (Å²) >= 11 is 1.28. The molecule has 3 heterocycles. The molecule has 0 atom stereocenters. The van der Waals surface area contributed by atoms with Crippen molar-refractivity contribution in [1.82, 2.24) is 19.9 Å². The van der Waals surface area contributed by atoms with E-state index in [1.165, 1.54) is 11.8 Å². The Bertz CT molecular complexity index is 973. The van der Waals surface area contributed by atoms with Gasteiger partial charge in [0.2, 0.25) is 5.91 Å². The molecule has 0 aliphatic heterocycles. The van der Waals surface area contributed by atoms with Crippen LogP contribution in [0.15, 0.2) is 38.8 Å². The lowest BCUT2D eigenvalue weighted by Crippen LogP contribution is -2.27. The van der Waals surface area contributed by atoms with Crippen LogP contribution in [0.25, 0.3) is 11.0 Å². The number of hydrogen-bond acceptors (Lipinski definition) is 5. The van der Waals surface area contributed by atoms with Crippen LogP contribution in [0.4, 0.5) is 0 Å². The molecule has 27 heavy (non-hydrogen) atoms. The minimum Gasteiger partial charge on any atom is -0.467 e. The van der Waals surface area contributed by atoms with Crippen molar-refractivity contribution in [2.75, 3.05) is 5.75 Å². The molecule has 0 aliphatic carbocycles. The lowest BCUT2D eigenvalue weighted by atomic mass is 10.1. The lowest BCUT2D eigenvalue weighted by molar-refractivity contribution is -0.118. The molecule has 3 aromatic heterocycles. The van der Waals surface area contributed by atoms with Crippen molar-refractivity contribution in [1.29, 1.82) is 0 Å². The van der Waals surface area contributed by atoms with Gasteiger partial charge in [-0.3, -0.25) is 14.2 Å². The molecule has 0 unspecified atom stereocenters. The zero-order valence-electron chi connectivity index (χ0n) is 15.7. The van der Waals surface area contributed by atoms with E-state index in [0.29, 0.717) is 41.0 Å². The van der Waals surface area contributed by atoms with E-state index in [-0.39, 0.29) is 17.2 Å². The molecule has 0 bridgehead atoms. The van der Waals surface area contributed by atoms with Gasteiger partial charge >= 0.3 is 0 Å². The minimum absolute atomic E-state index is 0.0905. The standard InChI is InChI=1S/C19H24N4O3S/c1-12(2)6-7-23-18(25)17-15(9-13(3)21-17)22-19(23)27-11-16(24)20-10-14-5-4-8-26-14/h4-5,8-9,12,21H,6-7,10-11H2,1-3H3,(H,20,24). The van der Waals surface area contributed by atoms with Crippen molar-refractivity contribution >= 4 is 28.7 Å². The molecular formula is C19H24N4O3S. The summed E-state index contributed by atoms with van der Waals surface area (Å²) in [5, 5.41) is 3.38. The van der Waals surface area contributed by atoms with E-state index in [2.05, 4.69) is 29.1 Å². The summed E-state index contributed by atoms with van der Waals surface area (Å²) in [5.74, 6) is 1.22. The Hall–Kier alpha value is -2.48. The van der Waals surface area contributed by atoms with Gasteiger partial charge < -0.3 is 14.7 Å². The van der Waals surface area contributed by atoms with Gasteiger partial charge in [0.15, 0.2) is 5.16 Å². The lowest BCUT2D eigenvalue weighted by Gasteiger charge is -2.13. The molecule has 0 saturated carbocycles. The van der Waals surface area contributed by atoms with Crippen molar-refractivity contribution in [3.8, 4) is 0 Å². The summed E-state index contributed by atoms with van der Waals surface area (Å²) in [6.45, 7) is 7.05. The summed E-state index contributed by atoms with van der Waals surface area (Å²) in [5.41, 5.74) is 1.95. The number of aromatic nitrogens is 3. The van der Waals surface area contributed by atoms with Gasteiger partial charge in [0.05, 0.1) is 24.1 Å². The number of carbonyl (C=O) groups excluding carboxylic acids is 1. The second kappa shape index (κ2) is 8.47. The summed E-state index contributed by atoms with van der Waals surface area (Å²) in [7, 11) is 0. The number of nitrogens with one attached hydrogen (secondary N) is 2. The van der Waals surface area contributed by atoms with Crippen LogP contribution in [0.2, 0.25) is 0 Å². The second-order valence-corrected chi connectivity index (χ2v) is 7.83. The molecule has 2 N–H and O–H groups in total. The van der Waals surface area contributed by atoms with Gasteiger partial charge in [-0.1, -0.05) is 25.6 Å². The maximum Gasteiger partial charge on any atom is 0.278 e. The number of carbonyl (C=O) groups is 1. The van der Waals surface area contributed by atoms with Crippen LogP contribution in [0.3, 0.4) is 0 Å². The second-order valence-electron chi connectivity index (χ2n) is 6.89. The average molecular weight is 388 g/mol. The Labute approximate surface area is 161 Å². The highest BCUT2D eigenvalue weighted by Crippen LogP contribution is 2.19. The third-order valence-electron chi connectivity index (χ3n) is 4.14. The first-order valence-electron chi connectivity index (χ1n) is 8.96. The number of rotatable bonds is 8. The monoisotopic (exact) mass is 388 g/mol. The molecule has 0 saturated heterocycles. The van der Waals surface area contributed by atoms with Crippen molar-refractivity contribution in [2.24, 2.45) is 5.92 Å². The smallest absolute Gasteiger partial charge is 0.278 e. The number of hydrogen-bond donors (Lipinski definition) is 2. The zero-order chi connectivity index (χ0) is 19.4. The van der Waals surface area contributed by atoms with Crippen LogP contribution in [0.5, 0.6) is 0 Å². The third kappa shape index (κ3) is 4.82. The van der Waals surface area contributed by atoms with E-state index in [0.717, 1.165) is 12.1 Å². The van der Waals surface area contributed by atoms with Crippen LogP contribution >= 0.6 is 11.8 Å². The Kier molecular flexibility index (Phi) is 6.05. The first-order valence-corrected chi connectivity index (χ1v) is 9.94. The van der Waals surface area contributed by atoms with Gasteiger partial charge in [0, 0.05) is 12.2 Å². The van der Waals surface area contributed by atoms with E-state index < -0.39 is 0 Å². The van der Waals surface area contributed by atoms with Crippen molar-refractivity contribution in [3.05, 3.63) is 46.3 Å². The van der Waals surface area contributed by atoms with E-state index in [1.807, 2.05) is 13.0 Å². The Morgan fingerprint density at radius 3 is 2.96 bits per heavy atom. The predicted octanol–water partition coefficient (Wildman–Crippen LogP) is 3.08. The number of amides is 1. The number of fused-ring (bicyclic) bond motifs is 1. The maximum atomic E-state index is 12.9. The van der Waals surface area contributed by atoms with E-state index in [4.69, 9.17) is 4.42 Å². The molecule has 3 aromatic rings. The molecule has 8 heteroatoms. The molecule has 1 amide bonds. The summed E-state index contributed by atoms with van der Waals surface area (Å²) in [6, 6.07) is 5.44. The molecule has 0 fully saturated rings. The number of aryl methyl sites for hydroxylation is 1. The fraction of sp³-hybridized carbons (Fsp3) is 0.421. The van der Waals surface area contributed by atoms with Crippen molar-refractivity contribution < 1.29 is 9.21 Å². The van der Waals surface area contributed by atoms with Gasteiger partial charge in [0.1, 0.15) is 11.3 Å². The largest absolute Gasteiger partial charge is 0.467 e. The zero-order valence-corrected chi connectivity index (χ0v) is 16.6. The molecular weight excluding hydrogens is 364 g/mol. The average Bonchev–Trinajstić information content (AvgIpc) is 3.26. The molecule has 0 radical (unpaired) electrons. The molecule has 0 aliphatic rings. The van der Waals surface area contributed by atoms with Crippen LogP contribution in [0, 0.1) is 12.8 Å². The summed E-state index contributed by atoms with van der Waals surface area (Å²) in [6.07, 6.45) is 2.44. The van der Waals surface area contributed by atoms with E-state index in [9.17, 15) is 9.59 Å². The SMILES string of the molecule is Cc1cc2nc(SCC(=O)NCc3ccco3)n(CCC(C)C)c(=O)c2[nH]1. The number of aromatic amines is 1. The summed E-state index contributed by atoms with van der Waals surface area (Å²) < 4.78 is 6.87.